The molecule has 1 aromatic rings. The first-order chi connectivity index (χ1) is 7.22. The summed E-state index contributed by atoms with van der Waals surface area (Å²) in [5, 5.41) is 0. The normalized spacial score (nSPS) is 9.53. The van der Waals surface area contributed by atoms with Gasteiger partial charge in [0.05, 0.1) is 7.11 Å². The van der Waals surface area contributed by atoms with E-state index in [0.717, 1.165) is 11.3 Å². The number of ether oxygens (including phenoxy) is 1. The van der Waals surface area contributed by atoms with E-state index in [1.165, 1.54) is 5.57 Å². The standard InChI is InChI=1S/C13H16OSi/c1-11(2)10-15-9-8-12-4-6-13(14-3)7-5-12/h4-7,10H,15H2,1-3H3. The minimum Gasteiger partial charge on any atom is -0.497 e. The van der Waals surface area contributed by atoms with Crippen molar-refractivity contribution in [3.05, 3.63) is 41.1 Å². The minimum absolute atomic E-state index is 0.349. The fraction of sp³-hybridized carbons (Fsp3) is 0.231. The van der Waals surface area contributed by atoms with Gasteiger partial charge in [-0.3, -0.25) is 0 Å². The van der Waals surface area contributed by atoms with Gasteiger partial charge in [0, 0.05) is 5.56 Å². The van der Waals surface area contributed by atoms with Crippen LogP contribution in [0.4, 0.5) is 0 Å². The van der Waals surface area contributed by atoms with Gasteiger partial charge in [0.1, 0.15) is 15.3 Å². The van der Waals surface area contributed by atoms with Crippen molar-refractivity contribution in [3.63, 3.8) is 0 Å². The van der Waals surface area contributed by atoms with E-state index in [1.807, 2.05) is 24.3 Å². The van der Waals surface area contributed by atoms with Crippen LogP contribution < -0.4 is 4.74 Å². The summed E-state index contributed by atoms with van der Waals surface area (Å²) in [6.45, 7) is 4.23. The second-order valence-corrected chi connectivity index (χ2v) is 4.69. The van der Waals surface area contributed by atoms with Crippen LogP contribution in [0.2, 0.25) is 0 Å². The average Bonchev–Trinajstić information content (AvgIpc) is 2.25. The van der Waals surface area contributed by atoms with Crippen LogP contribution in [0.25, 0.3) is 0 Å². The van der Waals surface area contributed by atoms with Gasteiger partial charge in [0.2, 0.25) is 0 Å². The maximum absolute atomic E-state index is 5.08. The van der Waals surface area contributed by atoms with Crippen LogP contribution >= 0.6 is 0 Å². The van der Waals surface area contributed by atoms with E-state index in [1.54, 1.807) is 7.11 Å². The monoisotopic (exact) mass is 216 g/mol. The molecule has 0 aliphatic carbocycles. The smallest absolute Gasteiger partial charge is 0.130 e. The van der Waals surface area contributed by atoms with E-state index in [-0.39, 0.29) is 9.52 Å². The Morgan fingerprint density at radius 1 is 1.27 bits per heavy atom. The molecule has 0 aliphatic rings. The summed E-state index contributed by atoms with van der Waals surface area (Å²) < 4.78 is 5.08. The molecule has 0 N–H and O–H groups in total. The van der Waals surface area contributed by atoms with Crippen LogP contribution in [0.15, 0.2) is 35.5 Å². The Morgan fingerprint density at radius 3 is 2.47 bits per heavy atom. The molecule has 0 fully saturated rings. The van der Waals surface area contributed by atoms with E-state index >= 15 is 0 Å². The van der Waals surface area contributed by atoms with Gasteiger partial charge in [-0.1, -0.05) is 17.2 Å². The number of hydrogen-bond acceptors (Lipinski definition) is 1. The minimum atomic E-state index is -0.349. The molecule has 0 atom stereocenters. The summed E-state index contributed by atoms with van der Waals surface area (Å²) in [6, 6.07) is 7.85. The molecule has 15 heavy (non-hydrogen) atoms. The topological polar surface area (TPSA) is 9.23 Å². The van der Waals surface area contributed by atoms with Gasteiger partial charge in [-0.2, -0.15) is 0 Å². The van der Waals surface area contributed by atoms with Gasteiger partial charge in [-0.15, -0.1) is 5.54 Å². The van der Waals surface area contributed by atoms with Crippen molar-refractivity contribution in [2.75, 3.05) is 7.11 Å². The van der Waals surface area contributed by atoms with Gasteiger partial charge in [0.25, 0.3) is 0 Å². The lowest BCUT2D eigenvalue weighted by Crippen LogP contribution is -1.83. The lowest BCUT2D eigenvalue weighted by molar-refractivity contribution is 0.415. The zero-order chi connectivity index (χ0) is 11.1. The van der Waals surface area contributed by atoms with Crippen molar-refractivity contribution in [1.82, 2.24) is 0 Å². The predicted octanol–water partition coefficient (Wildman–Crippen LogP) is 2.10. The molecule has 0 heterocycles. The maximum Gasteiger partial charge on any atom is 0.130 e. The largest absolute Gasteiger partial charge is 0.497 e. The van der Waals surface area contributed by atoms with Gasteiger partial charge in [-0.05, 0) is 38.1 Å². The highest BCUT2D eigenvalue weighted by Crippen LogP contribution is 2.09. The zero-order valence-corrected chi connectivity index (χ0v) is 10.9. The van der Waals surface area contributed by atoms with Crippen molar-refractivity contribution < 1.29 is 4.74 Å². The van der Waals surface area contributed by atoms with Crippen molar-refractivity contribution in [2.24, 2.45) is 0 Å². The number of hydrogen-bond donors (Lipinski definition) is 0. The quantitative estimate of drug-likeness (QED) is 0.543. The molecule has 0 spiro atoms. The van der Waals surface area contributed by atoms with Gasteiger partial charge in [0.15, 0.2) is 0 Å². The Hall–Kier alpha value is -1.46. The summed E-state index contributed by atoms with van der Waals surface area (Å²) in [5.74, 6) is 4.04. The van der Waals surface area contributed by atoms with E-state index in [4.69, 9.17) is 4.74 Å². The number of benzene rings is 1. The number of rotatable bonds is 2. The SMILES string of the molecule is COc1ccc(C#C[SiH2]C=C(C)C)cc1. The lowest BCUT2D eigenvalue weighted by Gasteiger charge is -1.97. The molecule has 0 radical (unpaired) electrons. The van der Waals surface area contributed by atoms with Crippen LogP contribution in [0, 0.1) is 11.5 Å². The summed E-state index contributed by atoms with van der Waals surface area (Å²) in [6.07, 6.45) is 0. The Morgan fingerprint density at radius 2 is 1.93 bits per heavy atom. The summed E-state index contributed by atoms with van der Waals surface area (Å²) >= 11 is 0. The Labute approximate surface area is 94.0 Å². The van der Waals surface area contributed by atoms with Crippen LogP contribution in [-0.2, 0) is 0 Å². The maximum atomic E-state index is 5.08. The molecule has 0 unspecified atom stereocenters. The third-order valence-corrected chi connectivity index (χ3v) is 3.34. The zero-order valence-electron chi connectivity index (χ0n) is 9.50. The van der Waals surface area contributed by atoms with Crippen LogP contribution in [0.1, 0.15) is 19.4 Å². The third-order valence-electron chi connectivity index (χ3n) is 1.94. The Balaban J connectivity index is 2.60. The van der Waals surface area contributed by atoms with Crippen LogP contribution in [-0.4, -0.2) is 16.6 Å². The first-order valence-electron chi connectivity index (χ1n) is 4.98. The summed E-state index contributed by atoms with van der Waals surface area (Å²) in [5.41, 5.74) is 7.93. The third kappa shape index (κ3) is 4.53. The molecule has 0 aliphatic heterocycles. The molecule has 2 heteroatoms. The predicted molar refractivity (Wildman–Crippen MR) is 67.8 cm³/mol. The first-order valence-corrected chi connectivity index (χ1v) is 6.51. The first kappa shape index (κ1) is 11.6. The van der Waals surface area contributed by atoms with E-state index in [9.17, 15) is 0 Å². The average molecular weight is 216 g/mol. The van der Waals surface area contributed by atoms with E-state index in [2.05, 4.69) is 31.0 Å². The van der Waals surface area contributed by atoms with Crippen molar-refractivity contribution >= 4 is 9.52 Å². The highest BCUT2D eigenvalue weighted by atomic mass is 28.2. The molecule has 1 nitrogen and oxygen atoms in total. The summed E-state index contributed by atoms with van der Waals surface area (Å²) in [4.78, 5) is 0. The molecular weight excluding hydrogens is 200 g/mol. The molecule has 1 rings (SSSR count). The van der Waals surface area contributed by atoms with Crippen LogP contribution in [0.5, 0.6) is 5.75 Å². The highest BCUT2D eigenvalue weighted by Gasteiger charge is 1.88. The van der Waals surface area contributed by atoms with E-state index < -0.39 is 0 Å². The fourth-order valence-corrected chi connectivity index (χ4v) is 1.90. The lowest BCUT2D eigenvalue weighted by atomic mass is 10.2. The van der Waals surface area contributed by atoms with Gasteiger partial charge in [-0.25, -0.2) is 0 Å². The number of methoxy groups -OCH3 is 1. The molecule has 0 saturated carbocycles. The second-order valence-electron chi connectivity index (χ2n) is 3.52. The molecule has 0 aromatic heterocycles. The van der Waals surface area contributed by atoms with Crippen LogP contribution in [0.3, 0.4) is 0 Å². The molecule has 1 aromatic carbocycles. The Kier molecular flexibility index (Phi) is 4.72. The molecule has 0 saturated heterocycles. The van der Waals surface area contributed by atoms with Crippen molar-refractivity contribution in [1.29, 1.82) is 0 Å². The number of allylic oxidation sites excluding steroid dienone is 1. The highest BCUT2D eigenvalue weighted by molar-refractivity contribution is 6.52. The molecule has 0 amide bonds. The Bertz CT molecular complexity index is 389. The molecular formula is C13H16OSi. The van der Waals surface area contributed by atoms with Crippen molar-refractivity contribution in [3.8, 4) is 17.2 Å². The van der Waals surface area contributed by atoms with Gasteiger partial charge < -0.3 is 4.74 Å². The second kappa shape index (κ2) is 6.10. The van der Waals surface area contributed by atoms with Gasteiger partial charge >= 0.3 is 0 Å². The van der Waals surface area contributed by atoms with Crippen molar-refractivity contribution in [2.45, 2.75) is 13.8 Å². The molecule has 0 bridgehead atoms. The van der Waals surface area contributed by atoms with E-state index in [0.29, 0.717) is 0 Å². The molecule has 78 valence electrons. The summed E-state index contributed by atoms with van der Waals surface area (Å²) in [7, 11) is 1.32. The fourth-order valence-electron chi connectivity index (χ4n) is 1.08.